The van der Waals surface area contributed by atoms with Crippen molar-refractivity contribution in [2.24, 2.45) is 7.05 Å². The monoisotopic (exact) mass is 328 g/mol. The number of carbonyl (C=O) groups is 1. The summed E-state index contributed by atoms with van der Waals surface area (Å²) < 4.78 is 2.84. The van der Waals surface area contributed by atoms with Gasteiger partial charge in [0.05, 0.1) is 15.9 Å². The van der Waals surface area contributed by atoms with Crippen molar-refractivity contribution in [3.63, 3.8) is 0 Å². The predicted octanol–water partition coefficient (Wildman–Crippen LogP) is 3.24. The molecule has 18 heavy (non-hydrogen) atoms. The minimum Gasteiger partial charge on any atom is -0.481 e. The quantitative estimate of drug-likeness (QED) is 0.937. The number of carboxylic acid groups (broad SMARTS) is 1. The largest absolute Gasteiger partial charge is 0.481 e. The summed E-state index contributed by atoms with van der Waals surface area (Å²) in [6.45, 7) is 1.95. The van der Waals surface area contributed by atoms with E-state index in [1.54, 1.807) is 16.0 Å². The third kappa shape index (κ3) is 2.64. The summed E-state index contributed by atoms with van der Waals surface area (Å²) in [4.78, 5) is 11.8. The third-order valence-electron chi connectivity index (χ3n) is 2.74. The number of aryl methyl sites for hydroxylation is 2. The van der Waals surface area contributed by atoms with Crippen molar-refractivity contribution < 1.29 is 9.90 Å². The van der Waals surface area contributed by atoms with Crippen LogP contribution in [0.5, 0.6) is 0 Å². The molecule has 0 unspecified atom stereocenters. The number of halogens is 1. The van der Waals surface area contributed by atoms with Crippen LogP contribution in [0.2, 0.25) is 0 Å². The number of nitrogens with zero attached hydrogens (tertiary/aromatic N) is 2. The number of carboxylic acids is 1. The Morgan fingerprint density at radius 3 is 2.83 bits per heavy atom. The van der Waals surface area contributed by atoms with Crippen molar-refractivity contribution in [3.05, 3.63) is 27.3 Å². The number of aliphatic carboxylic acids is 1. The maximum Gasteiger partial charge on any atom is 0.303 e. The Morgan fingerprint density at radius 1 is 1.56 bits per heavy atom. The summed E-state index contributed by atoms with van der Waals surface area (Å²) in [6, 6.07) is 4.02. The lowest BCUT2D eigenvalue weighted by Gasteiger charge is -2.03. The lowest BCUT2D eigenvalue weighted by atomic mass is 10.1. The molecule has 0 fully saturated rings. The van der Waals surface area contributed by atoms with Crippen molar-refractivity contribution in [1.29, 1.82) is 0 Å². The fourth-order valence-electron chi connectivity index (χ4n) is 1.99. The molecule has 0 aromatic carbocycles. The van der Waals surface area contributed by atoms with Gasteiger partial charge in [-0.05, 0) is 35.0 Å². The topological polar surface area (TPSA) is 55.1 Å². The Labute approximate surface area is 117 Å². The lowest BCUT2D eigenvalue weighted by Crippen LogP contribution is -2.03. The molecule has 0 aliphatic heterocycles. The molecule has 2 heterocycles. The van der Waals surface area contributed by atoms with Gasteiger partial charge in [0.1, 0.15) is 0 Å². The van der Waals surface area contributed by atoms with E-state index in [9.17, 15) is 4.79 Å². The SMILES string of the molecule is Cc1nn(C)c(CCC(=O)O)c1-c1ccc(Br)s1. The van der Waals surface area contributed by atoms with Crippen LogP contribution in [0.4, 0.5) is 0 Å². The van der Waals surface area contributed by atoms with Crippen LogP contribution in [0.15, 0.2) is 15.9 Å². The molecular weight excluding hydrogens is 316 g/mol. The van der Waals surface area contributed by atoms with E-state index in [0.717, 1.165) is 25.6 Å². The van der Waals surface area contributed by atoms with E-state index in [1.165, 1.54) is 0 Å². The molecule has 2 aromatic rings. The molecule has 2 aromatic heterocycles. The molecule has 0 spiro atoms. The van der Waals surface area contributed by atoms with E-state index >= 15 is 0 Å². The Kier molecular flexibility index (Phi) is 3.87. The zero-order chi connectivity index (χ0) is 13.3. The molecule has 96 valence electrons. The smallest absolute Gasteiger partial charge is 0.303 e. The number of rotatable bonds is 4. The lowest BCUT2D eigenvalue weighted by molar-refractivity contribution is -0.136. The van der Waals surface area contributed by atoms with Crippen molar-refractivity contribution in [2.45, 2.75) is 19.8 Å². The molecule has 0 atom stereocenters. The molecule has 0 bridgehead atoms. The summed E-state index contributed by atoms with van der Waals surface area (Å²) >= 11 is 5.08. The van der Waals surface area contributed by atoms with E-state index in [-0.39, 0.29) is 6.42 Å². The highest BCUT2D eigenvalue weighted by molar-refractivity contribution is 9.11. The second-order valence-electron chi connectivity index (χ2n) is 4.03. The molecule has 0 aliphatic rings. The molecule has 0 amide bonds. The zero-order valence-corrected chi connectivity index (χ0v) is 12.5. The molecule has 0 aliphatic carbocycles. The summed E-state index contributed by atoms with van der Waals surface area (Å²) in [5, 5.41) is 13.2. The number of hydrogen-bond acceptors (Lipinski definition) is 3. The molecule has 2 rings (SSSR count). The van der Waals surface area contributed by atoms with Crippen molar-refractivity contribution in [3.8, 4) is 10.4 Å². The van der Waals surface area contributed by atoms with Gasteiger partial charge >= 0.3 is 5.97 Å². The first-order valence-corrected chi connectivity index (χ1v) is 7.10. The Hall–Kier alpha value is -1.14. The maximum atomic E-state index is 10.7. The second kappa shape index (κ2) is 5.24. The van der Waals surface area contributed by atoms with Crippen LogP contribution in [0.1, 0.15) is 17.8 Å². The third-order valence-corrected chi connectivity index (χ3v) is 4.38. The first kappa shape index (κ1) is 13.3. The van der Waals surface area contributed by atoms with Gasteiger partial charge < -0.3 is 5.11 Å². The van der Waals surface area contributed by atoms with Crippen molar-refractivity contribution >= 4 is 33.2 Å². The van der Waals surface area contributed by atoms with Gasteiger partial charge in [0, 0.05) is 29.6 Å². The fraction of sp³-hybridized carbons (Fsp3) is 0.333. The van der Waals surface area contributed by atoms with Crippen LogP contribution in [-0.4, -0.2) is 20.9 Å². The van der Waals surface area contributed by atoms with E-state index in [1.807, 2.05) is 26.1 Å². The van der Waals surface area contributed by atoms with Gasteiger partial charge in [-0.1, -0.05) is 0 Å². The standard InChI is InChI=1S/C12H13BrN2O2S/c1-7-12(9-4-5-10(13)18-9)8(15(2)14-7)3-6-11(16)17/h4-5H,3,6H2,1-2H3,(H,16,17). The summed E-state index contributed by atoms with van der Waals surface area (Å²) in [5.74, 6) is -0.785. The van der Waals surface area contributed by atoms with Crippen LogP contribution in [0, 0.1) is 6.92 Å². The van der Waals surface area contributed by atoms with Gasteiger partial charge in [0.15, 0.2) is 0 Å². The first-order valence-electron chi connectivity index (χ1n) is 5.49. The number of aromatic nitrogens is 2. The highest BCUT2D eigenvalue weighted by atomic mass is 79.9. The maximum absolute atomic E-state index is 10.7. The number of hydrogen-bond donors (Lipinski definition) is 1. The van der Waals surface area contributed by atoms with E-state index in [4.69, 9.17) is 5.11 Å². The van der Waals surface area contributed by atoms with Gasteiger partial charge in [-0.2, -0.15) is 5.10 Å². The molecule has 1 N–H and O–H groups in total. The van der Waals surface area contributed by atoms with Crippen molar-refractivity contribution in [1.82, 2.24) is 9.78 Å². The minimum atomic E-state index is -0.785. The van der Waals surface area contributed by atoms with E-state index in [0.29, 0.717) is 6.42 Å². The van der Waals surface area contributed by atoms with Gasteiger partial charge in [0.2, 0.25) is 0 Å². The summed E-state index contributed by atoms with van der Waals surface area (Å²) in [6.07, 6.45) is 0.621. The van der Waals surface area contributed by atoms with Crippen LogP contribution in [-0.2, 0) is 18.3 Å². The molecule has 0 saturated carbocycles. The molecule has 0 radical (unpaired) electrons. The normalized spacial score (nSPS) is 10.8. The highest BCUT2D eigenvalue weighted by Gasteiger charge is 2.17. The second-order valence-corrected chi connectivity index (χ2v) is 6.49. The van der Waals surface area contributed by atoms with Crippen molar-refractivity contribution in [2.75, 3.05) is 0 Å². The van der Waals surface area contributed by atoms with Crippen LogP contribution in [0.3, 0.4) is 0 Å². The van der Waals surface area contributed by atoms with Crippen LogP contribution < -0.4 is 0 Å². The molecule has 6 heteroatoms. The molecular formula is C12H13BrN2O2S. The molecule has 0 saturated heterocycles. The average molecular weight is 329 g/mol. The first-order chi connectivity index (χ1) is 8.49. The van der Waals surface area contributed by atoms with Gasteiger partial charge in [-0.15, -0.1) is 11.3 Å². The highest BCUT2D eigenvalue weighted by Crippen LogP contribution is 2.35. The summed E-state index contributed by atoms with van der Waals surface area (Å²) in [5.41, 5.74) is 2.98. The Morgan fingerprint density at radius 2 is 2.28 bits per heavy atom. The van der Waals surface area contributed by atoms with E-state index in [2.05, 4.69) is 21.0 Å². The van der Waals surface area contributed by atoms with Gasteiger partial charge in [0.25, 0.3) is 0 Å². The predicted molar refractivity (Wildman–Crippen MR) is 74.9 cm³/mol. The van der Waals surface area contributed by atoms with Crippen LogP contribution in [0.25, 0.3) is 10.4 Å². The van der Waals surface area contributed by atoms with Gasteiger partial charge in [-0.25, -0.2) is 0 Å². The van der Waals surface area contributed by atoms with Gasteiger partial charge in [-0.3, -0.25) is 9.48 Å². The van der Waals surface area contributed by atoms with E-state index < -0.39 is 5.97 Å². The Bertz CT molecular complexity index is 589. The average Bonchev–Trinajstić information content (AvgIpc) is 2.79. The molecule has 4 nitrogen and oxygen atoms in total. The Balaban J connectivity index is 2.42. The zero-order valence-electron chi connectivity index (χ0n) is 10.1. The number of thiophene rings is 1. The summed E-state index contributed by atoms with van der Waals surface area (Å²) in [7, 11) is 1.86. The fourth-order valence-corrected chi connectivity index (χ4v) is 3.49. The minimum absolute atomic E-state index is 0.124. The van der Waals surface area contributed by atoms with Crippen LogP contribution >= 0.6 is 27.3 Å².